The maximum Gasteiger partial charge on any atom is 0.234 e. The minimum absolute atomic E-state index is 0.0631. The number of hydrogen-bond acceptors (Lipinski definition) is 4. The molecular formula is C11H16N2O3. The van der Waals surface area contributed by atoms with E-state index in [9.17, 15) is 15.0 Å². The Hall–Kier alpha value is -1.75. The lowest BCUT2D eigenvalue weighted by atomic mass is 10.1. The Morgan fingerprint density at radius 2 is 2.00 bits per heavy atom. The lowest BCUT2D eigenvalue weighted by Crippen LogP contribution is -2.40. The molecule has 0 saturated carbocycles. The van der Waals surface area contributed by atoms with E-state index in [0.717, 1.165) is 0 Å². The molecule has 0 bridgehead atoms. The molecule has 0 heterocycles. The fourth-order valence-electron chi connectivity index (χ4n) is 1.44. The van der Waals surface area contributed by atoms with Gasteiger partial charge in [0.25, 0.3) is 0 Å². The first-order chi connectivity index (χ1) is 7.41. The monoisotopic (exact) mass is 224 g/mol. The molecule has 1 amide bonds. The first kappa shape index (κ1) is 12.3. The number of phenols is 2. The second-order valence-corrected chi connectivity index (χ2v) is 3.76. The molecule has 16 heavy (non-hydrogen) atoms. The van der Waals surface area contributed by atoms with Crippen molar-refractivity contribution in [1.29, 1.82) is 0 Å². The normalized spacial score (nSPS) is 14.4. The molecule has 88 valence electrons. The summed E-state index contributed by atoms with van der Waals surface area (Å²) in [5, 5.41) is 21.8. The van der Waals surface area contributed by atoms with Crippen LogP contribution in [0.25, 0.3) is 0 Å². The predicted molar refractivity (Wildman–Crippen MR) is 60.0 cm³/mol. The van der Waals surface area contributed by atoms with Gasteiger partial charge in [-0.2, -0.15) is 0 Å². The standard InChI is InChI=1S/C11H16N2O3/c1-6(13-7(2)11(12)16)9-5-8(14)3-4-10(9)15/h3-7,13-15H,1-2H3,(H2,12,16). The highest BCUT2D eigenvalue weighted by atomic mass is 16.3. The van der Waals surface area contributed by atoms with Crippen LogP contribution in [0.1, 0.15) is 25.5 Å². The van der Waals surface area contributed by atoms with Gasteiger partial charge in [0.05, 0.1) is 6.04 Å². The van der Waals surface area contributed by atoms with E-state index >= 15 is 0 Å². The number of aromatic hydroxyl groups is 2. The van der Waals surface area contributed by atoms with E-state index < -0.39 is 11.9 Å². The van der Waals surface area contributed by atoms with Crippen LogP contribution in [0.4, 0.5) is 0 Å². The summed E-state index contributed by atoms with van der Waals surface area (Å²) in [6.45, 7) is 3.41. The van der Waals surface area contributed by atoms with Crippen LogP contribution in [-0.4, -0.2) is 22.2 Å². The van der Waals surface area contributed by atoms with Gasteiger partial charge >= 0.3 is 0 Å². The molecule has 0 aliphatic heterocycles. The van der Waals surface area contributed by atoms with Crippen LogP contribution in [0.15, 0.2) is 18.2 Å². The number of primary amides is 1. The first-order valence-electron chi connectivity index (χ1n) is 4.99. The van der Waals surface area contributed by atoms with Gasteiger partial charge in [-0.05, 0) is 32.0 Å². The van der Waals surface area contributed by atoms with Gasteiger partial charge in [0.2, 0.25) is 5.91 Å². The zero-order chi connectivity index (χ0) is 12.3. The average molecular weight is 224 g/mol. The number of hydrogen-bond donors (Lipinski definition) is 4. The number of rotatable bonds is 4. The highest BCUT2D eigenvalue weighted by Gasteiger charge is 2.16. The highest BCUT2D eigenvalue weighted by molar-refractivity contribution is 5.79. The topological polar surface area (TPSA) is 95.6 Å². The summed E-state index contributed by atoms with van der Waals surface area (Å²) < 4.78 is 0. The third kappa shape index (κ3) is 2.87. The van der Waals surface area contributed by atoms with Gasteiger partial charge in [-0.15, -0.1) is 0 Å². The van der Waals surface area contributed by atoms with Crippen LogP contribution < -0.4 is 11.1 Å². The van der Waals surface area contributed by atoms with E-state index in [2.05, 4.69) is 5.32 Å². The van der Waals surface area contributed by atoms with Gasteiger partial charge in [-0.25, -0.2) is 0 Å². The third-order valence-corrected chi connectivity index (χ3v) is 2.40. The van der Waals surface area contributed by atoms with Crippen molar-refractivity contribution in [3.8, 4) is 11.5 Å². The Bertz CT molecular complexity index is 393. The van der Waals surface area contributed by atoms with E-state index in [1.807, 2.05) is 0 Å². The maximum atomic E-state index is 10.9. The van der Waals surface area contributed by atoms with Crippen LogP contribution in [0.5, 0.6) is 11.5 Å². The van der Waals surface area contributed by atoms with Crippen molar-refractivity contribution in [1.82, 2.24) is 5.32 Å². The van der Waals surface area contributed by atoms with E-state index in [1.165, 1.54) is 18.2 Å². The van der Waals surface area contributed by atoms with Gasteiger partial charge in [0.1, 0.15) is 11.5 Å². The number of amides is 1. The van der Waals surface area contributed by atoms with E-state index in [4.69, 9.17) is 5.73 Å². The first-order valence-corrected chi connectivity index (χ1v) is 4.99. The molecule has 1 rings (SSSR count). The molecule has 0 radical (unpaired) electrons. The molecule has 5 N–H and O–H groups in total. The number of phenolic OH excluding ortho intramolecular Hbond substituents is 2. The van der Waals surface area contributed by atoms with Gasteiger partial charge in [0.15, 0.2) is 0 Å². The van der Waals surface area contributed by atoms with Crippen LogP contribution >= 0.6 is 0 Å². The van der Waals surface area contributed by atoms with Crippen molar-refractivity contribution in [3.05, 3.63) is 23.8 Å². The van der Waals surface area contributed by atoms with Crippen molar-refractivity contribution in [2.75, 3.05) is 0 Å². The summed E-state index contributed by atoms with van der Waals surface area (Å²) in [4.78, 5) is 10.9. The van der Waals surface area contributed by atoms with Crippen LogP contribution in [0.2, 0.25) is 0 Å². The molecular weight excluding hydrogens is 208 g/mol. The van der Waals surface area contributed by atoms with Crippen LogP contribution in [0, 0.1) is 0 Å². The summed E-state index contributed by atoms with van der Waals surface area (Å²) in [7, 11) is 0. The molecule has 5 heteroatoms. The zero-order valence-electron chi connectivity index (χ0n) is 9.27. The Balaban J connectivity index is 2.83. The summed E-state index contributed by atoms with van der Waals surface area (Å²) in [6.07, 6.45) is 0. The Morgan fingerprint density at radius 1 is 1.38 bits per heavy atom. The van der Waals surface area contributed by atoms with Crippen LogP contribution in [0.3, 0.4) is 0 Å². The predicted octanol–water partition coefficient (Wildman–Crippen LogP) is 0.622. The number of nitrogens with two attached hydrogens (primary N) is 1. The number of carbonyl (C=O) groups excluding carboxylic acids is 1. The molecule has 0 aromatic heterocycles. The third-order valence-electron chi connectivity index (χ3n) is 2.40. The lowest BCUT2D eigenvalue weighted by Gasteiger charge is -2.19. The zero-order valence-corrected chi connectivity index (χ0v) is 9.27. The van der Waals surface area contributed by atoms with Crippen LogP contribution in [-0.2, 0) is 4.79 Å². The molecule has 2 unspecified atom stereocenters. The van der Waals surface area contributed by atoms with Gasteiger partial charge in [0, 0.05) is 11.6 Å². The van der Waals surface area contributed by atoms with Crippen molar-refractivity contribution in [3.63, 3.8) is 0 Å². The smallest absolute Gasteiger partial charge is 0.234 e. The van der Waals surface area contributed by atoms with Crippen molar-refractivity contribution >= 4 is 5.91 Å². The second kappa shape index (κ2) is 4.85. The second-order valence-electron chi connectivity index (χ2n) is 3.76. The summed E-state index contributed by atoms with van der Waals surface area (Å²) >= 11 is 0. The molecule has 0 fully saturated rings. The lowest BCUT2D eigenvalue weighted by molar-refractivity contribution is -0.119. The summed E-state index contributed by atoms with van der Waals surface area (Å²) in [5.74, 6) is -0.339. The maximum absolute atomic E-state index is 10.9. The van der Waals surface area contributed by atoms with E-state index in [0.29, 0.717) is 5.56 Å². The minimum atomic E-state index is -0.503. The van der Waals surface area contributed by atoms with Gasteiger partial charge in [-0.1, -0.05) is 0 Å². The minimum Gasteiger partial charge on any atom is -0.508 e. The fourth-order valence-corrected chi connectivity index (χ4v) is 1.44. The quantitative estimate of drug-likeness (QED) is 0.564. The van der Waals surface area contributed by atoms with Crippen molar-refractivity contribution < 1.29 is 15.0 Å². The van der Waals surface area contributed by atoms with Gasteiger partial charge < -0.3 is 15.9 Å². The van der Waals surface area contributed by atoms with Crippen molar-refractivity contribution in [2.24, 2.45) is 5.73 Å². The molecule has 1 aromatic carbocycles. The average Bonchev–Trinajstić information content (AvgIpc) is 2.21. The Labute approximate surface area is 93.9 Å². The molecule has 0 aliphatic carbocycles. The molecule has 0 saturated heterocycles. The molecule has 0 spiro atoms. The number of nitrogens with one attached hydrogen (secondary N) is 1. The molecule has 1 aromatic rings. The Morgan fingerprint density at radius 3 is 2.56 bits per heavy atom. The largest absolute Gasteiger partial charge is 0.508 e. The molecule has 5 nitrogen and oxygen atoms in total. The SMILES string of the molecule is CC(NC(C)c1cc(O)ccc1O)C(N)=O. The molecule has 0 aliphatic rings. The summed E-state index contributed by atoms with van der Waals surface area (Å²) in [6, 6.07) is 3.45. The summed E-state index contributed by atoms with van der Waals surface area (Å²) in [5.41, 5.74) is 5.64. The highest BCUT2D eigenvalue weighted by Crippen LogP contribution is 2.27. The van der Waals surface area contributed by atoms with Crippen molar-refractivity contribution in [2.45, 2.75) is 25.9 Å². The Kier molecular flexibility index (Phi) is 3.73. The van der Waals surface area contributed by atoms with E-state index in [1.54, 1.807) is 13.8 Å². The van der Waals surface area contributed by atoms with Gasteiger partial charge in [-0.3, -0.25) is 10.1 Å². The fraction of sp³-hybridized carbons (Fsp3) is 0.364. The molecule has 2 atom stereocenters. The number of carbonyl (C=O) groups is 1. The number of benzene rings is 1. The van der Waals surface area contributed by atoms with E-state index in [-0.39, 0.29) is 17.5 Å².